The van der Waals surface area contributed by atoms with Crippen molar-refractivity contribution in [3.8, 4) is 0 Å². The summed E-state index contributed by atoms with van der Waals surface area (Å²) in [5, 5.41) is 3.39. The molecule has 1 fully saturated rings. The van der Waals surface area contributed by atoms with Crippen molar-refractivity contribution in [2.24, 2.45) is 17.6 Å². The first-order valence-corrected chi connectivity index (χ1v) is 4.17. The molecule has 10 heavy (non-hydrogen) atoms. The molecule has 2 heteroatoms. The molecule has 60 valence electrons. The van der Waals surface area contributed by atoms with Gasteiger partial charge in [0.1, 0.15) is 0 Å². The maximum atomic E-state index is 5.80. The highest BCUT2D eigenvalue weighted by molar-refractivity contribution is 5.02. The second-order valence-electron chi connectivity index (χ2n) is 3.36. The first kappa shape index (κ1) is 8.02. The zero-order chi connectivity index (χ0) is 7.72. The fraction of sp³-hybridized carbons (Fsp3) is 1.00. The summed E-state index contributed by atoms with van der Waals surface area (Å²) < 4.78 is 0. The summed E-state index contributed by atoms with van der Waals surface area (Å²) in [6.07, 6.45) is 0. The highest BCUT2D eigenvalue weighted by Gasteiger charge is 2.46. The van der Waals surface area contributed by atoms with Crippen molar-refractivity contribution >= 4 is 0 Å². The second-order valence-corrected chi connectivity index (χ2v) is 3.36. The van der Waals surface area contributed by atoms with Crippen LogP contribution in [0.15, 0.2) is 0 Å². The molecule has 0 heterocycles. The Morgan fingerprint density at radius 3 is 2.40 bits per heavy atom. The lowest BCUT2D eigenvalue weighted by atomic mass is 10.2. The molecule has 0 aliphatic heterocycles. The van der Waals surface area contributed by atoms with Crippen LogP contribution in [0.5, 0.6) is 0 Å². The quantitative estimate of drug-likeness (QED) is 0.605. The summed E-state index contributed by atoms with van der Waals surface area (Å²) in [6, 6.07) is 1.06. The molecule has 1 rings (SSSR count). The predicted molar refractivity (Wildman–Crippen MR) is 43.8 cm³/mol. The van der Waals surface area contributed by atoms with Crippen LogP contribution in [-0.2, 0) is 0 Å². The van der Waals surface area contributed by atoms with Crippen molar-refractivity contribution in [3.05, 3.63) is 0 Å². The van der Waals surface area contributed by atoms with Gasteiger partial charge in [-0.15, -0.1) is 0 Å². The third-order valence-electron chi connectivity index (χ3n) is 2.62. The van der Waals surface area contributed by atoms with Gasteiger partial charge in [-0.25, -0.2) is 0 Å². The van der Waals surface area contributed by atoms with Gasteiger partial charge in [-0.1, -0.05) is 13.8 Å². The summed E-state index contributed by atoms with van der Waals surface area (Å²) in [7, 11) is 0. The molecule has 0 aromatic rings. The van der Waals surface area contributed by atoms with Crippen LogP contribution in [0.25, 0.3) is 0 Å². The van der Waals surface area contributed by atoms with Gasteiger partial charge in [0.2, 0.25) is 0 Å². The van der Waals surface area contributed by atoms with Crippen LogP contribution in [0, 0.1) is 11.8 Å². The molecule has 0 aromatic carbocycles. The average molecular weight is 142 g/mol. The molecule has 0 radical (unpaired) electrons. The summed E-state index contributed by atoms with van der Waals surface area (Å²) in [5.41, 5.74) is 5.80. The Morgan fingerprint density at radius 1 is 1.60 bits per heavy atom. The Hall–Kier alpha value is -0.0800. The molecular weight excluding hydrogens is 124 g/mol. The Kier molecular flexibility index (Phi) is 2.32. The molecular formula is C8H18N2. The third kappa shape index (κ3) is 1.32. The van der Waals surface area contributed by atoms with Crippen molar-refractivity contribution in [1.29, 1.82) is 0 Å². The minimum Gasteiger partial charge on any atom is -0.327 e. The monoisotopic (exact) mass is 142 g/mol. The lowest BCUT2D eigenvalue weighted by molar-refractivity contribution is 0.486. The van der Waals surface area contributed by atoms with E-state index >= 15 is 0 Å². The molecule has 0 saturated heterocycles. The normalized spacial score (nSPS) is 41.4. The van der Waals surface area contributed by atoms with Crippen LogP contribution in [-0.4, -0.2) is 18.6 Å². The van der Waals surface area contributed by atoms with Gasteiger partial charge >= 0.3 is 0 Å². The molecule has 0 aromatic heterocycles. The zero-order valence-corrected chi connectivity index (χ0v) is 7.09. The molecule has 2 nitrogen and oxygen atoms in total. The molecule has 4 atom stereocenters. The number of hydrogen-bond acceptors (Lipinski definition) is 2. The fourth-order valence-electron chi connectivity index (χ4n) is 1.77. The van der Waals surface area contributed by atoms with Crippen molar-refractivity contribution in [1.82, 2.24) is 5.32 Å². The minimum absolute atomic E-state index is 0.453. The van der Waals surface area contributed by atoms with Crippen LogP contribution in [0.1, 0.15) is 20.8 Å². The van der Waals surface area contributed by atoms with Gasteiger partial charge in [0.25, 0.3) is 0 Å². The van der Waals surface area contributed by atoms with Crippen molar-refractivity contribution in [3.63, 3.8) is 0 Å². The number of nitrogens with two attached hydrogens (primary N) is 1. The summed E-state index contributed by atoms with van der Waals surface area (Å²) in [4.78, 5) is 0. The maximum absolute atomic E-state index is 5.80. The van der Waals surface area contributed by atoms with Gasteiger partial charge in [-0.05, 0) is 25.3 Å². The number of hydrogen-bond donors (Lipinski definition) is 2. The van der Waals surface area contributed by atoms with E-state index in [1.54, 1.807) is 0 Å². The van der Waals surface area contributed by atoms with E-state index in [-0.39, 0.29) is 0 Å². The Balaban J connectivity index is 2.24. The zero-order valence-electron chi connectivity index (χ0n) is 7.09. The van der Waals surface area contributed by atoms with Crippen LogP contribution in [0.4, 0.5) is 0 Å². The van der Waals surface area contributed by atoms with E-state index in [0.29, 0.717) is 12.1 Å². The van der Waals surface area contributed by atoms with Gasteiger partial charge in [0.15, 0.2) is 0 Å². The fourth-order valence-corrected chi connectivity index (χ4v) is 1.77. The molecule has 3 N–H and O–H groups in total. The second kappa shape index (κ2) is 2.89. The SMILES string of the molecule is CCNC(C)C1C(C)C1N. The highest BCUT2D eigenvalue weighted by atomic mass is 15.0. The molecule has 1 aliphatic carbocycles. The Bertz CT molecular complexity index is 106. The Labute approximate surface area is 63.2 Å². The predicted octanol–water partition coefficient (Wildman–Crippen LogP) is 0.578. The summed E-state index contributed by atoms with van der Waals surface area (Å²) in [5.74, 6) is 1.45. The number of rotatable bonds is 3. The van der Waals surface area contributed by atoms with E-state index in [1.165, 1.54) is 0 Å². The van der Waals surface area contributed by atoms with E-state index in [2.05, 4.69) is 26.1 Å². The Morgan fingerprint density at radius 2 is 2.10 bits per heavy atom. The molecule has 4 unspecified atom stereocenters. The van der Waals surface area contributed by atoms with E-state index in [4.69, 9.17) is 5.73 Å². The van der Waals surface area contributed by atoms with Crippen molar-refractivity contribution in [2.45, 2.75) is 32.9 Å². The van der Waals surface area contributed by atoms with Gasteiger partial charge in [0, 0.05) is 12.1 Å². The van der Waals surface area contributed by atoms with Crippen molar-refractivity contribution < 1.29 is 0 Å². The van der Waals surface area contributed by atoms with Gasteiger partial charge < -0.3 is 11.1 Å². The van der Waals surface area contributed by atoms with E-state index in [9.17, 15) is 0 Å². The molecule has 0 spiro atoms. The topological polar surface area (TPSA) is 38.0 Å². The smallest absolute Gasteiger partial charge is 0.0115 e. The molecule has 0 bridgehead atoms. The van der Waals surface area contributed by atoms with E-state index < -0.39 is 0 Å². The first-order chi connectivity index (χ1) is 4.68. The van der Waals surface area contributed by atoms with Gasteiger partial charge in [-0.2, -0.15) is 0 Å². The van der Waals surface area contributed by atoms with Crippen LogP contribution < -0.4 is 11.1 Å². The van der Waals surface area contributed by atoms with Gasteiger partial charge in [0.05, 0.1) is 0 Å². The van der Waals surface area contributed by atoms with E-state index in [0.717, 1.165) is 18.4 Å². The van der Waals surface area contributed by atoms with Crippen LogP contribution in [0.3, 0.4) is 0 Å². The summed E-state index contributed by atoms with van der Waals surface area (Å²) >= 11 is 0. The lowest BCUT2D eigenvalue weighted by Gasteiger charge is -2.10. The van der Waals surface area contributed by atoms with E-state index in [1.807, 2.05) is 0 Å². The molecule has 1 aliphatic rings. The number of nitrogens with one attached hydrogen (secondary N) is 1. The minimum atomic E-state index is 0.453. The largest absolute Gasteiger partial charge is 0.327 e. The molecule has 1 saturated carbocycles. The summed E-state index contributed by atoms with van der Waals surface area (Å²) in [6.45, 7) is 7.63. The third-order valence-corrected chi connectivity index (χ3v) is 2.62. The van der Waals surface area contributed by atoms with Gasteiger partial charge in [-0.3, -0.25) is 0 Å². The standard InChI is InChI=1S/C8H18N2/c1-4-10-6(3)7-5(2)8(7)9/h5-8,10H,4,9H2,1-3H3. The maximum Gasteiger partial charge on any atom is 0.0115 e. The van der Waals surface area contributed by atoms with Crippen LogP contribution >= 0.6 is 0 Å². The average Bonchev–Trinajstić information content (AvgIpc) is 2.42. The lowest BCUT2D eigenvalue weighted by Crippen LogP contribution is -2.30. The highest BCUT2D eigenvalue weighted by Crippen LogP contribution is 2.38. The molecule has 0 amide bonds. The van der Waals surface area contributed by atoms with Crippen LogP contribution in [0.2, 0.25) is 0 Å². The van der Waals surface area contributed by atoms with Crippen molar-refractivity contribution in [2.75, 3.05) is 6.54 Å². The first-order valence-electron chi connectivity index (χ1n) is 4.17.